The SMILES string of the molecule is COC(=O)C(CCC(C)(C)C)NC(=O)c1ccc(Oc2cccc(OCC(=O)NCCOC3CN(C(=O)COCc4cn(CC(=O)NCC(Cn5nccc5C(=O)NC(C(=O)Nc5ccc(-c6c(C)nn(COCC[Si](C)(C)C)c6C)cc5)C(C5CC5)C5CC5)O[Si](C)(C)C(C)(C)C)nn4)C3)c2)nc1. The maximum absolute atomic E-state index is 14.6. The van der Waals surface area contributed by atoms with Gasteiger partial charge < -0.3 is 64.3 Å². The number of hydrogen-bond acceptors (Lipinski definition) is 19. The van der Waals surface area contributed by atoms with E-state index < -0.39 is 52.4 Å². The van der Waals surface area contributed by atoms with Gasteiger partial charge in [0, 0.05) is 82.3 Å². The summed E-state index contributed by atoms with van der Waals surface area (Å²) < 4.78 is 45.8. The van der Waals surface area contributed by atoms with Crippen molar-refractivity contribution in [3.05, 3.63) is 114 Å². The molecule has 2 aromatic carbocycles. The van der Waals surface area contributed by atoms with Gasteiger partial charge in [-0.15, -0.1) is 5.10 Å². The van der Waals surface area contributed by atoms with Crippen LogP contribution in [0.3, 0.4) is 0 Å². The van der Waals surface area contributed by atoms with E-state index >= 15 is 0 Å². The second kappa shape index (κ2) is 35.4. The summed E-state index contributed by atoms with van der Waals surface area (Å²) in [5.74, 6) is -1.01. The van der Waals surface area contributed by atoms with E-state index in [-0.39, 0.29) is 116 Å². The van der Waals surface area contributed by atoms with Gasteiger partial charge in [0.1, 0.15) is 54.9 Å². The number of ether oxygens (including phenoxy) is 6. The lowest BCUT2D eigenvalue weighted by Crippen LogP contribution is -2.56. The normalized spacial score (nSPS) is 15.2. The van der Waals surface area contributed by atoms with Gasteiger partial charge in [-0.2, -0.15) is 10.2 Å². The lowest BCUT2D eigenvalue weighted by Gasteiger charge is -2.39. The summed E-state index contributed by atoms with van der Waals surface area (Å²) in [6.07, 6.45) is 8.84. The number of carbonyl (C=O) groups excluding carboxylic acids is 7. The van der Waals surface area contributed by atoms with Gasteiger partial charge >= 0.3 is 5.97 Å². The van der Waals surface area contributed by atoms with Crippen LogP contribution in [0.1, 0.15) is 118 Å². The first-order chi connectivity index (χ1) is 49.3. The van der Waals surface area contributed by atoms with E-state index in [1.165, 1.54) is 30.1 Å². The highest BCUT2D eigenvalue weighted by molar-refractivity contribution is 6.76. The second-order valence-electron chi connectivity index (χ2n) is 31.3. The number of nitrogens with one attached hydrogen (secondary N) is 5. The van der Waals surface area contributed by atoms with Crippen LogP contribution in [0.2, 0.25) is 43.8 Å². The molecule has 3 unspecified atom stereocenters. The summed E-state index contributed by atoms with van der Waals surface area (Å²) >= 11 is 0. The zero-order chi connectivity index (χ0) is 75.1. The van der Waals surface area contributed by atoms with Crippen LogP contribution in [0.4, 0.5) is 5.69 Å². The highest BCUT2D eigenvalue weighted by Gasteiger charge is 2.49. The molecule has 2 saturated carbocycles. The van der Waals surface area contributed by atoms with Crippen LogP contribution in [-0.2, 0) is 73.8 Å². The first kappa shape index (κ1) is 79.4. The monoisotopic (exact) mass is 1470 g/mol. The smallest absolute Gasteiger partial charge is 0.328 e. The maximum atomic E-state index is 14.6. The van der Waals surface area contributed by atoms with Crippen LogP contribution >= 0.6 is 0 Å². The van der Waals surface area contributed by atoms with Crippen molar-refractivity contribution in [3.8, 4) is 28.5 Å². The summed E-state index contributed by atoms with van der Waals surface area (Å²) in [5.41, 5.74) is 5.41. The van der Waals surface area contributed by atoms with E-state index in [0.29, 0.717) is 74.0 Å². The first-order valence-corrected chi connectivity index (χ1v) is 42.6. The van der Waals surface area contributed by atoms with Crippen molar-refractivity contribution in [1.82, 2.24) is 65.7 Å². The lowest BCUT2D eigenvalue weighted by molar-refractivity contribution is -0.150. The molecule has 4 aromatic heterocycles. The van der Waals surface area contributed by atoms with Gasteiger partial charge in [-0.25, -0.2) is 19.1 Å². The molecule has 3 aliphatic rings. The minimum absolute atomic E-state index is 0.0163. The van der Waals surface area contributed by atoms with Gasteiger partial charge in [-0.3, -0.25) is 33.4 Å². The zero-order valence-electron chi connectivity index (χ0n) is 62.8. The molecule has 28 nitrogen and oxygen atoms in total. The number of esters is 1. The minimum Gasteiger partial charge on any atom is -0.484 e. The fourth-order valence-electron chi connectivity index (χ4n) is 11.9. The summed E-state index contributed by atoms with van der Waals surface area (Å²) in [6, 6.07) is 18.6. The number of pyridine rings is 1. The summed E-state index contributed by atoms with van der Waals surface area (Å²) in [4.78, 5) is 99.5. The highest BCUT2D eigenvalue weighted by Crippen LogP contribution is 2.51. The molecule has 564 valence electrons. The Morgan fingerprint density at radius 1 is 0.779 bits per heavy atom. The Kier molecular flexibility index (Phi) is 27.0. The molecule has 5 heterocycles. The number of hydrogen-bond donors (Lipinski definition) is 5. The van der Waals surface area contributed by atoms with Crippen molar-refractivity contribution in [2.45, 2.75) is 188 Å². The summed E-state index contributed by atoms with van der Waals surface area (Å²) in [6.45, 7) is 29.7. The van der Waals surface area contributed by atoms with Crippen LogP contribution in [0.25, 0.3) is 11.1 Å². The van der Waals surface area contributed by atoms with E-state index in [0.717, 1.165) is 54.2 Å². The molecule has 2 aliphatic carbocycles. The Morgan fingerprint density at radius 2 is 1.50 bits per heavy atom. The van der Waals surface area contributed by atoms with E-state index in [1.54, 1.807) is 52.3 Å². The molecular weight excluding hydrogens is 1370 g/mol. The molecule has 0 spiro atoms. The first-order valence-electron chi connectivity index (χ1n) is 36.0. The predicted octanol–water partition coefficient (Wildman–Crippen LogP) is 8.87. The molecule has 0 bridgehead atoms. The third-order valence-corrected chi connectivity index (χ3v) is 25.4. The van der Waals surface area contributed by atoms with Crippen molar-refractivity contribution in [1.29, 1.82) is 0 Å². The van der Waals surface area contributed by atoms with Gasteiger partial charge in [0.25, 0.3) is 17.7 Å². The predicted molar refractivity (Wildman–Crippen MR) is 395 cm³/mol. The number of aryl methyl sites for hydroxylation is 1. The Hall–Kier alpha value is -8.69. The Labute approximate surface area is 611 Å². The van der Waals surface area contributed by atoms with Gasteiger partial charge in [-0.1, -0.05) is 84.6 Å². The van der Waals surface area contributed by atoms with E-state index in [2.05, 4.69) is 121 Å². The van der Waals surface area contributed by atoms with Gasteiger partial charge in [0.2, 0.25) is 23.6 Å². The van der Waals surface area contributed by atoms with Crippen LogP contribution in [0, 0.1) is 37.0 Å². The van der Waals surface area contributed by atoms with E-state index in [4.69, 9.17) is 37.9 Å². The molecule has 30 heteroatoms. The highest BCUT2D eigenvalue weighted by atomic mass is 28.4. The van der Waals surface area contributed by atoms with Crippen molar-refractivity contribution >= 4 is 63.5 Å². The number of likely N-dealkylation sites (tertiary alicyclic amines) is 1. The molecule has 5 N–H and O–H groups in total. The van der Waals surface area contributed by atoms with Crippen molar-refractivity contribution in [2.24, 2.45) is 23.2 Å². The van der Waals surface area contributed by atoms with Crippen molar-refractivity contribution in [3.63, 3.8) is 0 Å². The average Bonchev–Trinajstić information content (AvgIpc) is 1.62. The zero-order valence-corrected chi connectivity index (χ0v) is 64.8. The molecule has 0 radical (unpaired) electrons. The summed E-state index contributed by atoms with van der Waals surface area (Å²) in [5, 5.41) is 32.3. The molecular formula is C74H106N14O14Si2. The number of nitrogens with zero attached hydrogens (tertiary/aromatic N) is 9. The Bertz CT molecular complexity index is 3890. The van der Waals surface area contributed by atoms with Gasteiger partial charge in [-0.05, 0) is 142 Å². The van der Waals surface area contributed by atoms with E-state index in [1.807, 2.05) is 42.8 Å². The maximum Gasteiger partial charge on any atom is 0.328 e. The minimum atomic E-state index is -2.46. The van der Waals surface area contributed by atoms with Crippen LogP contribution in [0.5, 0.6) is 17.4 Å². The topological polar surface area (TPSA) is 327 Å². The number of carbonyl (C=O) groups is 7. The number of amides is 6. The molecule has 1 aliphatic heterocycles. The molecule has 6 amide bonds. The Balaban J connectivity index is 0.678. The molecule has 3 atom stereocenters. The van der Waals surface area contributed by atoms with Crippen LogP contribution in [-0.4, -0.2) is 186 Å². The number of rotatable bonds is 39. The number of methoxy groups -OCH3 is 1. The standard InChI is InChI=1S/C74H106N14O14Si2/c1-48-66(49(2)88(83-48)47-97-34-35-103(10,11)12)50-22-25-54(26-23-50)79-71(94)68(67(51-18-19-51)52-20-21-52)81-70(93)61-29-31-78-87(61)42-58(102-104(13,14)74(6,7)8)38-76-62(89)43-86-39-55(82-84-86)44-98-46-65(91)85-40-59(41-85)99-33-32-75-63(90)45-100-56-16-15-17-57(36-56)101-64-27-24-53(37-77-64)69(92)80-60(72(95)96-9)28-30-73(3,4)5/h15-17,22-27,29,31,36-37,39,51-52,58-60,67-68H,18-21,28,30,32-35,38,40-47H2,1-14H3,(H,75,90)(H,76,89)(H,79,94)(H,80,92)(H,81,93). The summed E-state index contributed by atoms with van der Waals surface area (Å²) in [7, 11) is -2.40. The molecule has 3 fully saturated rings. The van der Waals surface area contributed by atoms with Gasteiger partial charge in [0.15, 0.2) is 14.9 Å². The lowest BCUT2D eigenvalue weighted by atomic mass is 9.88. The average molecular weight is 1470 g/mol. The fraction of sp³-hybridized carbons (Fsp3) is 0.568. The van der Waals surface area contributed by atoms with Gasteiger partial charge in [0.05, 0.1) is 56.5 Å². The quantitative estimate of drug-likeness (QED) is 0.0137. The molecule has 104 heavy (non-hydrogen) atoms. The fourth-order valence-corrected chi connectivity index (χ4v) is 14.0. The van der Waals surface area contributed by atoms with Crippen LogP contribution < -0.4 is 36.1 Å². The number of benzene rings is 2. The number of anilines is 1. The number of aromatic nitrogens is 8. The third kappa shape index (κ3) is 23.7. The third-order valence-electron chi connectivity index (χ3n) is 19.2. The van der Waals surface area contributed by atoms with Crippen LogP contribution in [0.15, 0.2) is 85.3 Å². The molecule has 6 aromatic rings. The van der Waals surface area contributed by atoms with Crippen molar-refractivity contribution < 1.29 is 66.4 Å². The largest absolute Gasteiger partial charge is 0.484 e. The molecule has 9 rings (SSSR count). The Morgan fingerprint density at radius 3 is 2.16 bits per heavy atom. The molecule has 1 saturated heterocycles. The van der Waals surface area contributed by atoms with Crippen molar-refractivity contribution in [2.75, 3.05) is 65.0 Å². The second-order valence-corrected chi connectivity index (χ2v) is 41.7. The van der Waals surface area contributed by atoms with E-state index in [9.17, 15) is 33.6 Å².